The average Bonchev–Trinajstić information content (AvgIpc) is 2.68. The summed E-state index contributed by atoms with van der Waals surface area (Å²) in [7, 11) is 0. The number of aliphatic hydroxyl groups is 1. The van der Waals surface area contributed by atoms with Gasteiger partial charge in [-0.3, -0.25) is 4.90 Å². The summed E-state index contributed by atoms with van der Waals surface area (Å²) in [6.45, 7) is 4.14. The quantitative estimate of drug-likeness (QED) is 0.648. The number of benzene rings is 1. The number of thioether (sulfide) groups is 1. The smallest absolute Gasteiger partial charge is 0.189 e. The predicted octanol–water partition coefficient (Wildman–Crippen LogP) is 1.85. The SMILES string of the molecule is CSc1nc(-c2ccccc2)c(C#N)c(N2CCN(CCO)CC2)n1. The molecule has 25 heavy (non-hydrogen) atoms. The van der Waals surface area contributed by atoms with Crippen LogP contribution in [0.25, 0.3) is 11.3 Å². The van der Waals surface area contributed by atoms with E-state index in [-0.39, 0.29) is 6.61 Å². The Hall–Kier alpha value is -2.14. The molecule has 0 saturated carbocycles. The molecule has 6 nitrogen and oxygen atoms in total. The molecule has 130 valence electrons. The molecule has 0 aliphatic carbocycles. The van der Waals surface area contributed by atoms with Crippen LogP contribution in [-0.4, -0.2) is 65.6 Å². The standard InChI is InChI=1S/C18H21N5OS/c1-25-18-20-16(14-5-3-2-4-6-14)15(13-19)17(21-18)23-9-7-22(8-10-23)11-12-24/h2-6,24H,7-12H2,1H3. The Morgan fingerprint density at radius 1 is 1.16 bits per heavy atom. The molecule has 0 bridgehead atoms. The molecule has 1 aliphatic heterocycles. The van der Waals surface area contributed by atoms with Gasteiger partial charge in [-0.15, -0.1) is 0 Å². The monoisotopic (exact) mass is 355 g/mol. The number of rotatable bonds is 5. The van der Waals surface area contributed by atoms with E-state index in [1.165, 1.54) is 11.8 Å². The third-order valence-corrected chi connectivity index (χ3v) is 4.85. The minimum absolute atomic E-state index is 0.172. The van der Waals surface area contributed by atoms with Gasteiger partial charge in [0.2, 0.25) is 0 Å². The molecule has 2 aromatic rings. The van der Waals surface area contributed by atoms with Gasteiger partial charge >= 0.3 is 0 Å². The largest absolute Gasteiger partial charge is 0.395 e. The summed E-state index contributed by atoms with van der Waals surface area (Å²) in [6, 6.07) is 12.1. The van der Waals surface area contributed by atoms with Gasteiger partial charge in [0.25, 0.3) is 0 Å². The lowest BCUT2D eigenvalue weighted by Gasteiger charge is -2.35. The van der Waals surface area contributed by atoms with Crippen LogP contribution < -0.4 is 4.90 Å². The summed E-state index contributed by atoms with van der Waals surface area (Å²) < 4.78 is 0. The average molecular weight is 355 g/mol. The van der Waals surface area contributed by atoms with E-state index in [0.29, 0.717) is 28.8 Å². The van der Waals surface area contributed by atoms with E-state index in [2.05, 4.69) is 25.8 Å². The number of β-amino-alcohol motifs (C(OH)–C–C–N with tert-alkyl or cyclic N) is 1. The fourth-order valence-electron chi connectivity index (χ4n) is 2.98. The first-order valence-electron chi connectivity index (χ1n) is 8.26. The molecular weight excluding hydrogens is 334 g/mol. The lowest BCUT2D eigenvalue weighted by atomic mass is 10.1. The molecule has 0 atom stereocenters. The molecule has 3 rings (SSSR count). The zero-order valence-corrected chi connectivity index (χ0v) is 15.0. The fourth-order valence-corrected chi connectivity index (χ4v) is 3.34. The predicted molar refractivity (Wildman–Crippen MR) is 99.7 cm³/mol. The number of hydrogen-bond donors (Lipinski definition) is 1. The van der Waals surface area contributed by atoms with E-state index in [0.717, 1.165) is 31.7 Å². The maximum Gasteiger partial charge on any atom is 0.189 e. The summed E-state index contributed by atoms with van der Waals surface area (Å²) in [5.74, 6) is 0.712. The Labute approximate surface area is 152 Å². The van der Waals surface area contributed by atoms with E-state index in [9.17, 15) is 5.26 Å². The summed E-state index contributed by atoms with van der Waals surface area (Å²) >= 11 is 1.48. The van der Waals surface area contributed by atoms with E-state index in [1.54, 1.807) is 0 Å². The maximum absolute atomic E-state index is 9.78. The minimum Gasteiger partial charge on any atom is -0.395 e. The summed E-state index contributed by atoms with van der Waals surface area (Å²) in [4.78, 5) is 13.6. The third-order valence-electron chi connectivity index (χ3n) is 4.30. The van der Waals surface area contributed by atoms with Crippen molar-refractivity contribution in [3.05, 3.63) is 35.9 Å². The van der Waals surface area contributed by atoms with Crippen molar-refractivity contribution in [3.63, 3.8) is 0 Å². The second-order valence-electron chi connectivity index (χ2n) is 5.79. The summed E-state index contributed by atoms with van der Waals surface area (Å²) in [5.41, 5.74) is 2.15. The van der Waals surface area contributed by atoms with Crippen LogP contribution in [0.3, 0.4) is 0 Å². The molecule has 7 heteroatoms. The second kappa shape index (κ2) is 8.30. The molecule has 2 heterocycles. The highest BCUT2D eigenvalue weighted by Gasteiger charge is 2.24. The number of nitrogens with zero attached hydrogens (tertiary/aromatic N) is 5. The minimum atomic E-state index is 0.172. The number of nitriles is 1. The first-order chi connectivity index (χ1) is 12.3. The summed E-state index contributed by atoms with van der Waals surface area (Å²) in [6.07, 6.45) is 1.94. The van der Waals surface area contributed by atoms with Crippen molar-refractivity contribution in [2.45, 2.75) is 5.16 Å². The van der Waals surface area contributed by atoms with Gasteiger partial charge < -0.3 is 10.0 Å². The number of anilines is 1. The number of piperazine rings is 1. The molecule has 0 amide bonds. The molecule has 1 aliphatic rings. The van der Waals surface area contributed by atoms with Crippen molar-refractivity contribution < 1.29 is 5.11 Å². The normalized spacial score (nSPS) is 15.2. The molecule has 1 N–H and O–H groups in total. The molecule has 0 spiro atoms. The van der Waals surface area contributed by atoms with Crippen molar-refractivity contribution in [3.8, 4) is 17.3 Å². The van der Waals surface area contributed by atoms with Crippen molar-refractivity contribution in [1.29, 1.82) is 5.26 Å². The Bertz CT molecular complexity index is 754. The van der Waals surface area contributed by atoms with Crippen molar-refractivity contribution in [2.75, 3.05) is 50.5 Å². The van der Waals surface area contributed by atoms with Crippen molar-refractivity contribution in [2.24, 2.45) is 0 Å². The van der Waals surface area contributed by atoms with Gasteiger partial charge in [0.05, 0.1) is 12.3 Å². The van der Waals surface area contributed by atoms with Gasteiger partial charge in [0, 0.05) is 38.3 Å². The van der Waals surface area contributed by atoms with Crippen LogP contribution in [0, 0.1) is 11.3 Å². The number of hydrogen-bond acceptors (Lipinski definition) is 7. The van der Waals surface area contributed by atoms with Crippen LogP contribution in [0.5, 0.6) is 0 Å². The van der Waals surface area contributed by atoms with E-state index in [1.807, 2.05) is 36.6 Å². The molecule has 1 aromatic carbocycles. The van der Waals surface area contributed by atoms with Crippen LogP contribution in [-0.2, 0) is 0 Å². The van der Waals surface area contributed by atoms with Gasteiger partial charge in [0.1, 0.15) is 11.6 Å². The van der Waals surface area contributed by atoms with Gasteiger partial charge in [-0.05, 0) is 6.26 Å². The highest BCUT2D eigenvalue weighted by atomic mass is 32.2. The number of aliphatic hydroxyl groups excluding tert-OH is 1. The molecule has 1 saturated heterocycles. The van der Waals surface area contributed by atoms with E-state index in [4.69, 9.17) is 5.11 Å². The van der Waals surface area contributed by atoms with Crippen LogP contribution in [0.2, 0.25) is 0 Å². The van der Waals surface area contributed by atoms with Crippen molar-refractivity contribution >= 4 is 17.6 Å². The van der Waals surface area contributed by atoms with Gasteiger partial charge in [-0.1, -0.05) is 42.1 Å². The molecular formula is C18H21N5OS. The van der Waals surface area contributed by atoms with Crippen molar-refractivity contribution in [1.82, 2.24) is 14.9 Å². The van der Waals surface area contributed by atoms with E-state index >= 15 is 0 Å². The Kier molecular flexibility index (Phi) is 5.87. The van der Waals surface area contributed by atoms with Gasteiger partial charge in [-0.25, -0.2) is 9.97 Å². The highest BCUT2D eigenvalue weighted by Crippen LogP contribution is 2.30. The first-order valence-corrected chi connectivity index (χ1v) is 9.49. The fraction of sp³-hybridized carbons (Fsp3) is 0.389. The lowest BCUT2D eigenvalue weighted by molar-refractivity contribution is 0.188. The molecule has 1 fully saturated rings. The van der Waals surface area contributed by atoms with Crippen LogP contribution in [0.4, 0.5) is 5.82 Å². The molecule has 0 radical (unpaired) electrons. The van der Waals surface area contributed by atoms with Gasteiger partial charge in [0.15, 0.2) is 11.0 Å². The Morgan fingerprint density at radius 2 is 1.88 bits per heavy atom. The topological polar surface area (TPSA) is 76.3 Å². The summed E-state index contributed by atoms with van der Waals surface area (Å²) in [5, 5.41) is 19.5. The zero-order valence-electron chi connectivity index (χ0n) is 14.2. The molecule has 0 unspecified atom stereocenters. The van der Waals surface area contributed by atoms with Crippen LogP contribution in [0.15, 0.2) is 35.5 Å². The second-order valence-corrected chi connectivity index (χ2v) is 6.56. The van der Waals surface area contributed by atoms with Gasteiger partial charge in [-0.2, -0.15) is 5.26 Å². The van der Waals surface area contributed by atoms with E-state index < -0.39 is 0 Å². The Morgan fingerprint density at radius 3 is 2.48 bits per heavy atom. The number of aromatic nitrogens is 2. The van der Waals surface area contributed by atoms with Crippen LogP contribution >= 0.6 is 11.8 Å². The van der Waals surface area contributed by atoms with Crippen LogP contribution in [0.1, 0.15) is 5.56 Å². The maximum atomic E-state index is 9.78. The highest BCUT2D eigenvalue weighted by molar-refractivity contribution is 7.98. The molecule has 1 aromatic heterocycles. The third kappa shape index (κ3) is 3.93. The zero-order chi connectivity index (χ0) is 17.6. The first kappa shape index (κ1) is 17.7. The Balaban J connectivity index is 1.98. The lowest BCUT2D eigenvalue weighted by Crippen LogP contribution is -2.47.